The predicted octanol–water partition coefficient (Wildman–Crippen LogP) is 2.69. The molecular formula is C19H21N5O2. The minimum Gasteiger partial charge on any atom is -0.489 e. The van der Waals surface area contributed by atoms with Crippen LogP contribution in [0.1, 0.15) is 11.1 Å². The first kappa shape index (κ1) is 17.4. The number of rotatable bonds is 7. The van der Waals surface area contributed by atoms with E-state index in [1.807, 2.05) is 54.6 Å². The van der Waals surface area contributed by atoms with E-state index in [4.69, 9.17) is 26.8 Å². The van der Waals surface area contributed by atoms with Crippen molar-refractivity contribution in [3.05, 3.63) is 71.8 Å². The van der Waals surface area contributed by atoms with Crippen LogP contribution in [0, 0.1) is 0 Å². The van der Waals surface area contributed by atoms with Gasteiger partial charge >= 0.3 is 0 Å². The third-order valence-electron chi connectivity index (χ3n) is 3.72. The van der Waals surface area contributed by atoms with Gasteiger partial charge in [-0.3, -0.25) is 0 Å². The maximum absolute atomic E-state index is 5.96. The van der Waals surface area contributed by atoms with E-state index in [1.54, 1.807) is 6.07 Å². The molecule has 7 nitrogen and oxygen atoms in total. The van der Waals surface area contributed by atoms with Crippen molar-refractivity contribution in [3.63, 3.8) is 0 Å². The highest BCUT2D eigenvalue weighted by Gasteiger charge is 2.09. The highest BCUT2D eigenvalue weighted by molar-refractivity contribution is 5.71. The normalized spacial score (nSPS) is 10.3. The van der Waals surface area contributed by atoms with Crippen LogP contribution in [-0.2, 0) is 13.2 Å². The van der Waals surface area contributed by atoms with E-state index in [-0.39, 0.29) is 11.6 Å². The Morgan fingerprint density at radius 1 is 0.846 bits per heavy atom. The summed E-state index contributed by atoms with van der Waals surface area (Å²) < 4.78 is 11.6. The lowest BCUT2D eigenvalue weighted by atomic mass is 10.2. The largest absolute Gasteiger partial charge is 0.489 e. The molecule has 2 aromatic carbocycles. The van der Waals surface area contributed by atoms with Crippen LogP contribution >= 0.6 is 0 Å². The summed E-state index contributed by atoms with van der Waals surface area (Å²) >= 11 is 0. The fraction of sp³-hybridized carbons (Fsp3) is 0.105. The van der Waals surface area contributed by atoms with Crippen LogP contribution < -0.4 is 32.2 Å². The van der Waals surface area contributed by atoms with Gasteiger partial charge in [-0.15, -0.1) is 0 Å². The molecule has 7 N–H and O–H groups in total. The summed E-state index contributed by atoms with van der Waals surface area (Å²) in [5, 5.41) is 0. The highest BCUT2D eigenvalue weighted by Crippen LogP contribution is 2.30. The molecule has 0 atom stereocenters. The van der Waals surface area contributed by atoms with Crippen LogP contribution in [0.25, 0.3) is 0 Å². The zero-order valence-corrected chi connectivity index (χ0v) is 14.2. The molecule has 3 aromatic rings. The monoisotopic (exact) mass is 351 g/mol. The maximum Gasteiger partial charge on any atom is 0.169 e. The van der Waals surface area contributed by atoms with Gasteiger partial charge in [-0.25, -0.2) is 10.8 Å². The summed E-state index contributed by atoms with van der Waals surface area (Å²) in [6.07, 6.45) is 0. The van der Waals surface area contributed by atoms with Crippen molar-refractivity contribution >= 4 is 17.3 Å². The van der Waals surface area contributed by atoms with E-state index in [1.165, 1.54) is 0 Å². The first-order chi connectivity index (χ1) is 12.7. The summed E-state index contributed by atoms with van der Waals surface area (Å²) in [5.41, 5.74) is 16.4. The van der Waals surface area contributed by atoms with E-state index < -0.39 is 0 Å². The van der Waals surface area contributed by atoms with Crippen molar-refractivity contribution in [3.8, 4) is 11.5 Å². The Hall–Kier alpha value is -3.45. The number of hydrogen-bond donors (Lipinski definition) is 4. The third kappa shape index (κ3) is 4.34. The first-order valence-electron chi connectivity index (χ1n) is 8.07. The molecule has 0 aliphatic carbocycles. The molecule has 1 aromatic heterocycles. The van der Waals surface area contributed by atoms with E-state index in [2.05, 4.69) is 10.4 Å². The number of ether oxygens (including phenoxy) is 2. The molecule has 0 amide bonds. The summed E-state index contributed by atoms with van der Waals surface area (Å²) in [6, 6.07) is 19.2. The molecule has 0 saturated heterocycles. The van der Waals surface area contributed by atoms with Gasteiger partial charge in [-0.2, -0.15) is 0 Å². The number of aromatic nitrogens is 1. The van der Waals surface area contributed by atoms with Crippen LogP contribution in [0.3, 0.4) is 0 Å². The van der Waals surface area contributed by atoms with Crippen molar-refractivity contribution in [2.45, 2.75) is 13.2 Å². The number of pyridine rings is 1. The van der Waals surface area contributed by atoms with Crippen LogP contribution in [0.2, 0.25) is 0 Å². The average Bonchev–Trinajstić information content (AvgIpc) is 2.68. The molecule has 134 valence electrons. The summed E-state index contributed by atoms with van der Waals surface area (Å²) in [5.74, 6) is 7.10. The van der Waals surface area contributed by atoms with Gasteiger partial charge in [0.25, 0.3) is 0 Å². The van der Waals surface area contributed by atoms with Crippen LogP contribution in [-0.4, -0.2) is 4.98 Å². The summed E-state index contributed by atoms with van der Waals surface area (Å²) in [4.78, 5) is 3.99. The SMILES string of the molecule is NNc1nc(N)cc(OCc2cccc(OCc3ccccc3)c2)c1N. The number of nitrogens with two attached hydrogens (primary N) is 3. The van der Waals surface area contributed by atoms with Crippen molar-refractivity contribution in [2.75, 3.05) is 16.9 Å². The zero-order chi connectivity index (χ0) is 18.4. The number of hydrazine groups is 1. The minimum atomic E-state index is 0.266. The lowest BCUT2D eigenvalue weighted by Gasteiger charge is -2.13. The molecule has 0 bridgehead atoms. The van der Waals surface area contributed by atoms with Crippen molar-refractivity contribution in [1.82, 2.24) is 4.98 Å². The average molecular weight is 351 g/mol. The molecule has 0 saturated carbocycles. The number of anilines is 3. The van der Waals surface area contributed by atoms with Gasteiger partial charge in [0.05, 0.1) is 0 Å². The molecule has 3 rings (SSSR count). The van der Waals surface area contributed by atoms with E-state index in [0.29, 0.717) is 24.7 Å². The second-order valence-electron chi connectivity index (χ2n) is 5.66. The lowest BCUT2D eigenvalue weighted by molar-refractivity contribution is 0.296. The van der Waals surface area contributed by atoms with Crippen LogP contribution in [0.5, 0.6) is 11.5 Å². The van der Waals surface area contributed by atoms with Gasteiger partial charge in [0.15, 0.2) is 5.82 Å². The topological polar surface area (TPSA) is 121 Å². The molecule has 26 heavy (non-hydrogen) atoms. The smallest absolute Gasteiger partial charge is 0.169 e. The second kappa shape index (κ2) is 8.09. The van der Waals surface area contributed by atoms with Gasteiger partial charge < -0.3 is 26.4 Å². The standard InChI is InChI=1S/C19H21N5O2/c20-17-10-16(18(21)19(23-17)24-22)26-12-14-7-4-8-15(9-14)25-11-13-5-2-1-3-6-13/h1-10H,11-12,21-22H2,(H3,20,23,24). The van der Waals surface area contributed by atoms with Gasteiger partial charge in [0, 0.05) is 6.07 Å². The number of nitrogens with one attached hydrogen (secondary N) is 1. The Kier molecular flexibility index (Phi) is 5.40. The summed E-state index contributed by atoms with van der Waals surface area (Å²) in [6.45, 7) is 0.810. The molecule has 0 aliphatic rings. The molecule has 0 radical (unpaired) electrons. The van der Waals surface area contributed by atoms with Crippen molar-refractivity contribution in [2.24, 2.45) is 5.84 Å². The predicted molar refractivity (Wildman–Crippen MR) is 102 cm³/mol. The van der Waals surface area contributed by atoms with Crippen molar-refractivity contribution in [1.29, 1.82) is 0 Å². The molecule has 0 spiro atoms. The summed E-state index contributed by atoms with van der Waals surface area (Å²) in [7, 11) is 0. The van der Waals surface area contributed by atoms with Crippen LogP contribution in [0.4, 0.5) is 17.3 Å². The number of nitrogens with zero attached hydrogens (tertiary/aromatic N) is 1. The van der Waals surface area contributed by atoms with E-state index in [0.717, 1.165) is 16.9 Å². The molecule has 0 aliphatic heterocycles. The van der Waals surface area contributed by atoms with Gasteiger partial charge in [-0.1, -0.05) is 42.5 Å². The van der Waals surface area contributed by atoms with Crippen LogP contribution in [0.15, 0.2) is 60.7 Å². The van der Waals surface area contributed by atoms with Crippen molar-refractivity contribution < 1.29 is 9.47 Å². The molecule has 0 fully saturated rings. The molecule has 7 heteroatoms. The highest BCUT2D eigenvalue weighted by atomic mass is 16.5. The Labute approximate surface area is 151 Å². The molecular weight excluding hydrogens is 330 g/mol. The molecule has 0 unspecified atom stereocenters. The second-order valence-corrected chi connectivity index (χ2v) is 5.66. The lowest BCUT2D eigenvalue weighted by Crippen LogP contribution is -2.13. The fourth-order valence-electron chi connectivity index (χ4n) is 2.41. The number of nitrogen functional groups attached to an aromatic ring is 3. The van der Waals surface area contributed by atoms with E-state index >= 15 is 0 Å². The van der Waals surface area contributed by atoms with E-state index in [9.17, 15) is 0 Å². The zero-order valence-electron chi connectivity index (χ0n) is 14.2. The fourth-order valence-corrected chi connectivity index (χ4v) is 2.41. The Balaban J connectivity index is 1.65. The Morgan fingerprint density at radius 2 is 1.58 bits per heavy atom. The van der Waals surface area contributed by atoms with Gasteiger partial charge in [-0.05, 0) is 23.3 Å². The minimum absolute atomic E-state index is 0.266. The Bertz CT molecular complexity index is 871. The first-order valence-corrected chi connectivity index (χ1v) is 8.07. The quantitative estimate of drug-likeness (QED) is 0.381. The number of hydrogen-bond acceptors (Lipinski definition) is 7. The van der Waals surface area contributed by atoms with Gasteiger partial charge in [0.2, 0.25) is 0 Å². The van der Waals surface area contributed by atoms with Gasteiger partial charge in [0.1, 0.15) is 36.2 Å². The number of benzene rings is 2. The maximum atomic E-state index is 5.96. The molecule has 1 heterocycles. The Morgan fingerprint density at radius 3 is 2.35 bits per heavy atom. The third-order valence-corrected chi connectivity index (χ3v) is 3.72.